The second-order valence-electron chi connectivity index (χ2n) is 11.9. The third-order valence-electron chi connectivity index (χ3n) is 8.22. The summed E-state index contributed by atoms with van der Waals surface area (Å²) in [6, 6.07) is 13.9. The van der Waals surface area contributed by atoms with Crippen molar-refractivity contribution >= 4 is 28.5 Å². The van der Waals surface area contributed by atoms with Crippen LogP contribution in [0, 0.1) is 17.3 Å². The predicted octanol–water partition coefficient (Wildman–Crippen LogP) is 3.86. The number of fused-ring (bicyclic) bond motifs is 1. The summed E-state index contributed by atoms with van der Waals surface area (Å²) in [4.78, 5) is 41.8. The Morgan fingerprint density at radius 1 is 1.02 bits per heavy atom. The van der Waals surface area contributed by atoms with Crippen molar-refractivity contribution in [3.05, 3.63) is 71.3 Å². The highest BCUT2D eigenvalue weighted by Gasteiger charge is 2.49. The minimum Gasteiger partial charge on any atom is -0.391 e. The lowest BCUT2D eigenvalue weighted by atomic mass is 9.63. The highest BCUT2D eigenvalue weighted by molar-refractivity contribution is 6.03. The normalized spacial score (nSPS) is 18.3. The molecule has 0 radical (unpaired) electrons. The van der Waals surface area contributed by atoms with Gasteiger partial charge in [0.1, 0.15) is 0 Å². The third kappa shape index (κ3) is 7.86. The van der Waals surface area contributed by atoms with Crippen molar-refractivity contribution in [3.63, 3.8) is 0 Å². The Morgan fingerprint density at radius 3 is 2.31 bits per heavy atom. The molecule has 6 N–H and O–H groups in total. The molecule has 8 heteroatoms. The van der Waals surface area contributed by atoms with Gasteiger partial charge < -0.3 is 26.8 Å². The summed E-state index contributed by atoms with van der Waals surface area (Å²) in [6.45, 7) is 10.3. The van der Waals surface area contributed by atoms with Gasteiger partial charge in [-0.25, -0.2) is 0 Å². The second kappa shape index (κ2) is 15.1. The van der Waals surface area contributed by atoms with Crippen molar-refractivity contribution in [2.45, 2.75) is 65.9 Å². The summed E-state index contributed by atoms with van der Waals surface area (Å²) in [5.74, 6) is -1.96. The molecule has 1 aliphatic carbocycles. The third-order valence-corrected chi connectivity index (χ3v) is 8.22. The molecule has 3 atom stereocenters. The van der Waals surface area contributed by atoms with Gasteiger partial charge in [-0.2, -0.15) is 0 Å². The monoisotopic (exact) mass is 576 g/mol. The Hall–Kier alpha value is -3.49. The van der Waals surface area contributed by atoms with Gasteiger partial charge in [-0.15, -0.1) is 0 Å². The van der Waals surface area contributed by atoms with Crippen molar-refractivity contribution in [2.24, 2.45) is 28.7 Å². The van der Waals surface area contributed by atoms with Crippen molar-refractivity contribution in [1.29, 1.82) is 0 Å². The van der Waals surface area contributed by atoms with Gasteiger partial charge in [0, 0.05) is 36.7 Å². The quantitative estimate of drug-likeness (QED) is 0.225. The summed E-state index contributed by atoms with van der Waals surface area (Å²) >= 11 is 0. The summed E-state index contributed by atoms with van der Waals surface area (Å²) in [6.07, 6.45) is 4.73. The minimum absolute atomic E-state index is 0.0274. The molecule has 3 amide bonds. The number of aliphatic hydroxyl groups is 1. The average molecular weight is 577 g/mol. The average Bonchev–Trinajstić information content (AvgIpc) is 2.97. The number of nitrogens with two attached hydrogens (primary N) is 2. The van der Waals surface area contributed by atoms with E-state index in [1.807, 2.05) is 56.3 Å². The standard InChI is InChI=1S/C34H48N4O4/c1-5-16-38(17-6-2)32(41)27-18-26(31(35)40)20-34(21-27,33(36)42)29(30(39)22-37-15-14-23(3)4)19-25-12-9-11-24-10-7-8-13-28(24)25/h7-13,18,20,23,29-30,37,39H,5-6,14-17,19,21-22H2,1-4H3,(H2,35,40)(H2,36,42)/t29-,30+,34?/m1/s1. The highest BCUT2D eigenvalue weighted by Crippen LogP contribution is 2.45. The number of carbonyl (C=O) groups is 3. The van der Waals surface area contributed by atoms with Gasteiger partial charge in [0.15, 0.2) is 0 Å². The highest BCUT2D eigenvalue weighted by atomic mass is 16.3. The molecule has 8 nitrogen and oxygen atoms in total. The maximum absolute atomic E-state index is 13.8. The molecule has 0 saturated carbocycles. The largest absolute Gasteiger partial charge is 0.391 e. The van der Waals surface area contributed by atoms with Crippen LogP contribution < -0.4 is 16.8 Å². The number of aliphatic hydroxyl groups excluding tert-OH is 1. The van der Waals surface area contributed by atoms with Crippen LogP contribution in [-0.2, 0) is 20.8 Å². The van der Waals surface area contributed by atoms with E-state index in [9.17, 15) is 19.5 Å². The lowest BCUT2D eigenvalue weighted by molar-refractivity contribution is -0.132. The minimum atomic E-state index is -1.52. The Bertz CT molecular complexity index is 1310. The zero-order chi connectivity index (χ0) is 30.9. The number of nitrogens with one attached hydrogen (secondary N) is 1. The zero-order valence-electron chi connectivity index (χ0n) is 25.6. The van der Waals surface area contributed by atoms with Crippen LogP contribution in [0.2, 0.25) is 0 Å². The van der Waals surface area contributed by atoms with Crippen molar-refractivity contribution in [2.75, 3.05) is 26.2 Å². The lowest BCUT2D eigenvalue weighted by Gasteiger charge is -2.42. The molecule has 1 aliphatic rings. The number of hydrogen-bond acceptors (Lipinski definition) is 5. The molecule has 0 bridgehead atoms. The van der Waals surface area contributed by atoms with E-state index in [1.54, 1.807) is 4.90 Å². The molecular weight excluding hydrogens is 528 g/mol. The molecule has 0 spiro atoms. The maximum atomic E-state index is 13.8. The van der Waals surface area contributed by atoms with E-state index >= 15 is 0 Å². The van der Waals surface area contributed by atoms with Crippen LogP contribution >= 0.6 is 0 Å². The van der Waals surface area contributed by atoms with E-state index in [0.717, 1.165) is 35.6 Å². The van der Waals surface area contributed by atoms with Crippen molar-refractivity contribution < 1.29 is 19.5 Å². The Balaban J connectivity index is 2.13. The van der Waals surface area contributed by atoms with Gasteiger partial charge >= 0.3 is 0 Å². The molecule has 228 valence electrons. The molecule has 3 rings (SSSR count). The molecule has 0 fully saturated rings. The van der Waals surface area contributed by atoms with Crippen LogP contribution in [0.1, 0.15) is 58.9 Å². The smallest absolute Gasteiger partial charge is 0.249 e. The van der Waals surface area contributed by atoms with Gasteiger partial charge in [0.05, 0.1) is 11.5 Å². The van der Waals surface area contributed by atoms with Gasteiger partial charge in [-0.1, -0.05) is 76.2 Å². The second-order valence-corrected chi connectivity index (χ2v) is 11.9. The molecule has 1 unspecified atom stereocenters. The first kappa shape index (κ1) is 33.0. The van der Waals surface area contributed by atoms with Gasteiger partial charge in [0.25, 0.3) is 0 Å². The summed E-state index contributed by atoms with van der Waals surface area (Å²) in [5.41, 5.74) is 11.7. The fourth-order valence-corrected chi connectivity index (χ4v) is 5.99. The van der Waals surface area contributed by atoms with E-state index in [1.165, 1.54) is 12.2 Å². The summed E-state index contributed by atoms with van der Waals surface area (Å²) in [5, 5.41) is 17.1. The predicted molar refractivity (Wildman–Crippen MR) is 168 cm³/mol. The molecule has 2 aromatic carbocycles. The molecule has 0 aliphatic heterocycles. The fraction of sp³-hybridized carbons (Fsp3) is 0.500. The number of hydrogen-bond donors (Lipinski definition) is 4. The molecule has 0 heterocycles. The number of carbonyl (C=O) groups excluding carboxylic acids is 3. The van der Waals surface area contributed by atoms with Gasteiger partial charge in [0.2, 0.25) is 17.7 Å². The summed E-state index contributed by atoms with van der Waals surface area (Å²) in [7, 11) is 0. The van der Waals surface area contributed by atoms with Crippen molar-refractivity contribution in [1.82, 2.24) is 10.2 Å². The van der Waals surface area contributed by atoms with E-state index < -0.39 is 29.3 Å². The SMILES string of the molecule is CCCN(CCC)C(=O)C1=CC(C(N)=O)=CC(C(N)=O)([C@H](Cc2cccc3ccccc23)[C@@H](O)CNCCC(C)C)C1. The summed E-state index contributed by atoms with van der Waals surface area (Å²) < 4.78 is 0. The number of amides is 3. The van der Waals surface area contributed by atoms with Crippen LogP contribution in [0.4, 0.5) is 0 Å². The zero-order valence-corrected chi connectivity index (χ0v) is 25.6. The first-order valence-corrected chi connectivity index (χ1v) is 15.2. The number of primary amides is 2. The van der Waals surface area contributed by atoms with Gasteiger partial charge in [-0.05, 0) is 67.0 Å². The molecule has 2 aromatic rings. The molecule has 42 heavy (non-hydrogen) atoms. The van der Waals surface area contributed by atoms with E-state index in [-0.39, 0.29) is 24.4 Å². The molecule has 0 aromatic heterocycles. The van der Waals surface area contributed by atoms with E-state index in [2.05, 4.69) is 19.2 Å². The van der Waals surface area contributed by atoms with E-state index in [0.29, 0.717) is 37.5 Å². The molecular formula is C34H48N4O4. The van der Waals surface area contributed by atoms with Crippen LogP contribution in [0.5, 0.6) is 0 Å². The van der Waals surface area contributed by atoms with Gasteiger partial charge in [-0.3, -0.25) is 14.4 Å². The first-order valence-electron chi connectivity index (χ1n) is 15.2. The maximum Gasteiger partial charge on any atom is 0.249 e. The number of nitrogens with zero attached hydrogens (tertiary/aromatic N) is 1. The Labute approximate surface area is 250 Å². The lowest BCUT2D eigenvalue weighted by Crippen LogP contribution is -2.52. The van der Waals surface area contributed by atoms with Crippen LogP contribution in [0.25, 0.3) is 10.8 Å². The molecule has 0 saturated heterocycles. The Kier molecular flexibility index (Phi) is 11.9. The topological polar surface area (TPSA) is 139 Å². The fourth-order valence-electron chi connectivity index (χ4n) is 5.99. The van der Waals surface area contributed by atoms with Crippen LogP contribution in [0.3, 0.4) is 0 Å². The van der Waals surface area contributed by atoms with Crippen molar-refractivity contribution in [3.8, 4) is 0 Å². The van der Waals surface area contributed by atoms with E-state index in [4.69, 9.17) is 11.5 Å². The number of rotatable bonds is 16. The van der Waals surface area contributed by atoms with Crippen LogP contribution in [0.15, 0.2) is 65.8 Å². The number of benzene rings is 2. The Morgan fingerprint density at radius 2 is 1.69 bits per heavy atom. The van der Waals surface area contributed by atoms with Crippen LogP contribution in [-0.4, -0.2) is 60.0 Å². The first-order chi connectivity index (χ1) is 20.0.